The molecule has 2 aromatic rings. The third kappa shape index (κ3) is 4.58. The summed E-state index contributed by atoms with van der Waals surface area (Å²) in [6, 6.07) is 5.73. The fourth-order valence-electron chi connectivity index (χ4n) is 3.19. The van der Waals surface area contributed by atoms with Gasteiger partial charge in [-0.3, -0.25) is 9.48 Å². The molecule has 0 aliphatic carbocycles. The van der Waals surface area contributed by atoms with Crippen LogP contribution in [0.15, 0.2) is 24.4 Å². The zero-order valence-electron chi connectivity index (χ0n) is 17.0. The number of rotatable bonds is 6. The molecule has 1 aliphatic rings. The molecule has 2 atom stereocenters. The first kappa shape index (κ1) is 21.7. The van der Waals surface area contributed by atoms with Crippen molar-refractivity contribution < 1.29 is 22.7 Å². The number of amides is 1. The van der Waals surface area contributed by atoms with Crippen LogP contribution in [0.3, 0.4) is 0 Å². The van der Waals surface area contributed by atoms with Crippen molar-refractivity contribution in [2.24, 2.45) is 5.92 Å². The van der Waals surface area contributed by atoms with Crippen LogP contribution < -0.4 is 4.74 Å². The van der Waals surface area contributed by atoms with Crippen LogP contribution in [-0.2, 0) is 19.6 Å². The minimum Gasteiger partial charge on any atom is -0.480 e. The second kappa shape index (κ2) is 8.38. The summed E-state index contributed by atoms with van der Waals surface area (Å²) >= 11 is 0. The molecule has 0 radical (unpaired) electrons. The lowest BCUT2D eigenvalue weighted by Gasteiger charge is -2.22. The second-order valence-electron chi connectivity index (χ2n) is 7.62. The number of nitriles is 1. The molecule has 1 aromatic heterocycles. The Balaban J connectivity index is 1.80. The van der Waals surface area contributed by atoms with Crippen molar-refractivity contribution in [3.8, 4) is 11.8 Å². The molecular weight excluding hydrogens is 397 g/mol. The monoisotopic (exact) mass is 420 g/mol. The lowest BCUT2D eigenvalue weighted by molar-refractivity contribution is -0.189. The Morgan fingerprint density at radius 3 is 2.67 bits per heavy atom. The number of halogens is 3. The number of hydrogen-bond donors (Lipinski definition) is 0. The standard InChI is InChI=1S/C21H23F3N4O2/c1-4-13(2)9-28-11-16-10-27(12-18(16)26-28)20(29)17-7-15(8-25)5-6-19(17)30-14(3)21(22,23)24/h5-7,11,13-14H,4,9-10,12H2,1-3H3/t13-,14-/m0/s1. The van der Waals surface area contributed by atoms with Gasteiger partial charge in [0.2, 0.25) is 0 Å². The molecule has 0 saturated heterocycles. The van der Waals surface area contributed by atoms with Crippen LogP contribution in [0.4, 0.5) is 13.2 Å². The lowest BCUT2D eigenvalue weighted by atomic mass is 10.1. The van der Waals surface area contributed by atoms with E-state index in [0.717, 1.165) is 31.1 Å². The van der Waals surface area contributed by atoms with E-state index in [4.69, 9.17) is 10.00 Å². The maximum Gasteiger partial charge on any atom is 0.425 e. The van der Waals surface area contributed by atoms with Gasteiger partial charge in [0.05, 0.1) is 29.4 Å². The number of ether oxygens (including phenoxy) is 1. The van der Waals surface area contributed by atoms with Gasteiger partial charge in [-0.1, -0.05) is 20.3 Å². The third-order valence-electron chi connectivity index (χ3n) is 5.21. The highest BCUT2D eigenvalue weighted by Crippen LogP contribution is 2.31. The highest BCUT2D eigenvalue weighted by molar-refractivity contribution is 5.97. The maximum absolute atomic E-state index is 13.1. The van der Waals surface area contributed by atoms with Gasteiger partial charge in [0.25, 0.3) is 5.91 Å². The topological polar surface area (TPSA) is 71.2 Å². The van der Waals surface area contributed by atoms with E-state index in [1.54, 1.807) is 0 Å². The molecule has 160 valence electrons. The quantitative estimate of drug-likeness (QED) is 0.699. The molecule has 0 fully saturated rings. The third-order valence-corrected chi connectivity index (χ3v) is 5.21. The van der Waals surface area contributed by atoms with Crippen molar-refractivity contribution in [1.82, 2.24) is 14.7 Å². The van der Waals surface area contributed by atoms with Gasteiger partial charge in [0, 0.05) is 24.8 Å². The average molecular weight is 420 g/mol. The Kier molecular flexibility index (Phi) is 6.06. The first-order chi connectivity index (χ1) is 14.1. The molecule has 0 spiro atoms. The van der Waals surface area contributed by atoms with Crippen LogP contribution in [0.1, 0.15) is 54.4 Å². The van der Waals surface area contributed by atoms with Crippen molar-refractivity contribution in [3.05, 3.63) is 46.8 Å². The first-order valence-electron chi connectivity index (χ1n) is 9.74. The summed E-state index contributed by atoms with van der Waals surface area (Å²) in [6.07, 6.45) is -3.72. The summed E-state index contributed by atoms with van der Waals surface area (Å²) in [5.74, 6) is -0.218. The van der Waals surface area contributed by atoms with Crippen molar-refractivity contribution >= 4 is 5.91 Å². The van der Waals surface area contributed by atoms with Gasteiger partial charge in [-0.25, -0.2) is 0 Å². The molecule has 30 heavy (non-hydrogen) atoms. The minimum absolute atomic E-state index is 0.0669. The van der Waals surface area contributed by atoms with Gasteiger partial charge in [-0.15, -0.1) is 0 Å². The van der Waals surface area contributed by atoms with E-state index in [0.29, 0.717) is 12.5 Å². The summed E-state index contributed by atoms with van der Waals surface area (Å²) in [7, 11) is 0. The molecule has 0 unspecified atom stereocenters. The highest BCUT2D eigenvalue weighted by Gasteiger charge is 2.39. The van der Waals surface area contributed by atoms with E-state index < -0.39 is 18.2 Å². The molecule has 1 amide bonds. The minimum atomic E-state index is -4.57. The Morgan fingerprint density at radius 2 is 2.07 bits per heavy atom. The van der Waals surface area contributed by atoms with Gasteiger partial charge in [0.1, 0.15) is 5.75 Å². The number of carbonyl (C=O) groups excluding carboxylic acids is 1. The Morgan fingerprint density at radius 1 is 1.33 bits per heavy atom. The van der Waals surface area contributed by atoms with Crippen LogP contribution in [0.25, 0.3) is 0 Å². The molecule has 1 aliphatic heterocycles. The van der Waals surface area contributed by atoms with Crippen LogP contribution in [0.5, 0.6) is 5.75 Å². The maximum atomic E-state index is 13.1. The molecule has 3 rings (SSSR count). The molecule has 0 bridgehead atoms. The van der Waals surface area contributed by atoms with E-state index in [1.807, 2.05) is 16.9 Å². The number of hydrogen-bond acceptors (Lipinski definition) is 4. The van der Waals surface area contributed by atoms with Crippen LogP contribution in [0.2, 0.25) is 0 Å². The fraction of sp³-hybridized carbons (Fsp3) is 0.476. The summed E-state index contributed by atoms with van der Waals surface area (Å²) in [5, 5.41) is 13.7. The normalized spacial score (nSPS) is 15.4. The predicted molar refractivity (Wildman–Crippen MR) is 103 cm³/mol. The van der Waals surface area contributed by atoms with Crippen LogP contribution in [-0.4, -0.2) is 32.9 Å². The average Bonchev–Trinajstić information content (AvgIpc) is 3.25. The number of alkyl halides is 3. The molecule has 9 heteroatoms. The number of aromatic nitrogens is 2. The van der Waals surface area contributed by atoms with E-state index in [-0.39, 0.29) is 23.4 Å². The molecule has 2 heterocycles. The molecule has 0 saturated carbocycles. The SMILES string of the molecule is CC[C@H](C)Cn1cc2c(n1)CN(C(=O)c1cc(C#N)ccc1O[C@@H](C)C(F)(F)F)C2. The molecule has 0 N–H and O–H groups in total. The van der Waals surface area contributed by atoms with E-state index in [9.17, 15) is 18.0 Å². The fourth-order valence-corrected chi connectivity index (χ4v) is 3.19. The number of fused-ring (bicyclic) bond motifs is 1. The Hall–Kier alpha value is -3.02. The van der Waals surface area contributed by atoms with Gasteiger partial charge < -0.3 is 9.64 Å². The number of carbonyl (C=O) groups is 1. The summed E-state index contributed by atoms with van der Waals surface area (Å²) in [6.45, 7) is 6.46. The zero-order valence-corrected chi connectivity index (χ0v) is 17.0. The molecule has 1 aromatic carbocycles. The van der Waals surface area contributed by atoms with E-state index in [2.05, 4.69) is 18.9 Å². The van der Waals surface area contributed by atoms with Gasteiger partial charge in [-0.2, -0.15) is 23.5 Å². The number of nitrogens with zero attached hydrogens (tertiary/aromatic N) is 4. The summed E-state index contributed by atoms with van der Waals surface area (Å²) < 4.78 is 45.7. The summed E-state index contributed by atoms with van der Waals surface area (Å²) in [4.78, 5) is 14.6. The van der Waals surface area contributed by atoms with Crippen molar-refractivity contribution in [2.45, 2.75) is 59.1 Å². The second-order valence-corrected chi connectivity index (χ2v) is 7.62. The van der Waals surface area contributed by atoms with Crippen LogP contribution in [0, 0.1) is 17.2 Å². The van der Waals surface area contributed by atoms with Gasteiger partial charge in [-0.05, 0) is 31.0 Å². The Labute approximate surface area is 172 Å². The van der Waals surface area contributed by atoms with Gasteiger partial charge >= 0.3 is 6.18 Å². The lowest BCUT2D eigenvalue weighted by Crippen LogP contribution is -2.32. The van der Waals surface area contributed by atoms with E-state index >= 15 is 0 Å². The smallest absolute Gasteiger partial charge is 0.425 e. The molecule has 6 nitrogen and oxygen atoms in total. The zero-order chi connectivity index (χ0) is 22.1. The largest absolute Gasteiger partial charge is 0.480 e. The van der Waals surface area contributed by atoms with E-state index in [1.165, 1.54) is 23.1 Å². The first-order valence-corrected chi connectivity index (χ1v) is 9.74. The Bertz CT molecular complexity index is 954. The van der Waals surface area contributed by atoms with Crippen molar-refractivity contribution in [2.75, 3.05) is 0 Å². The highest BCUT2D eigenvalue weighted by atomic mass is 19.4. The van der Waals surface area contributed by atoms with Gasteiger partial charge in [0.15, 0.2) is 6.10 Å². The van der Waals surface area contributed by atoms with Crippen LogP contribution >= 0.6 is 0 Å². The van der Waals surface area contributed by atoms with Crippen molar-refractivity contribution in [1.29, 1.82) is 5.26 Å². The van der Waals surface area contributed by atoms with Crippen molar-refractivity contribution in [3.63, 3.8) is 0 Å². The number of benzene rings is 1. The predicted octanol–water partition coefficient (Wildman–Crippen LogP) is 4.29. The summed E-state index contributed by atoms with van der Waals surface area (Å²) in [5.41, 5.74) is 1.78. The molecular formula is C21H23F3N4O2.